The van der Waals surface area contributed by atoms with Gasteiger partial charge in [0, 0.05) is 12.5 Å². The van der Waals surface area contributed by atoms with Crippen LogP contribution in [0.5, 0.6) is 0 Å². The first kappa shape index (κ1) is 9.45. The molecule has 12 heavy (non-hydrogen) atoms. The van der Waals surface area contributed by atoms with Crippen LogP contribution in [0.15, 0.2) is 0 Å². The largest absolute Gasteiger partial charge is 0.358 e. The van der Waals surface area contributed by atoms with E-state index in [-0.39, 0.29) is 0 Å². The van der Waals surface area contributed by atoms with Crippen LogP contribution < -0.4 is 5.32 Å². The van der Waals surface area contributed by atoms with E-state index >= 15 is 0 Å². The highest BCUT2D eigenvalue weighted by Crippen LogP contribution is 2.16. The van der Waals surface area contributed by atoms with Gasteiger partial charge in [-0.15, -0.1) is 10.2 Å². The van der Waals surface area contributed by atoms with Gasteiger partial charge in [0.15, 0.2) is 0 Å². The summed E-state index contributed by atoms with van der Waals surface area (Å²) in [5.41, 5.74) is 0. The van der Waals surface area contributed by atoms with Crippen molar-refractivity contribution >= 4 is 16.5 Å². The third-order valence-corrected chi connectivity index (χ3v) is 2.26. The maximum Gasteiger partial charge on any atom is 0.205 e. The number of nitrogens with zero attached hydrogens (tertiary/aromatic N) is 2. The number of rotatable bonds is 4. The fourth-order valence-corrected chi connectivity index (χ4v) is 1.86. The predicted octanol–water partition coefficient (Wildman–Crippen LogP) is 2.31. The van der Waals surface area contributed by atoms with E-state index in [4.69, 9.17) is 0 Å². The highest BCUT2D eigenvalue weighted by atomic mass is 32.1. The average molecular weight is 185 g/mol. The van der Waals surface area contributed by atoms with Crippen LogP contribution in [0.2, 0.25) is 0 Å². The summed E-state index contributed by atoms with van der Waals surface area (Å²) in [7, 11) is 0. The lowest BCUT2D eigenvalue weighted by Gasteiger charge is -2.02. The topological polar surface area (TPSA) is 37.8 Å². The Morgan fingerprint density at radius 3 is 2.75 bits per heavy atom. The molecule has 0 saturated carbocycles. The Morgan fingerprint density at radius 1 is 1.42 bits per heavy atom. The quantitative estimate of drug-likeness (QED) is 0.782. The molecule has 0 amide bonds. The summed E-state index contributed by atoms with van der Waals surface area (Å²) >= 11 is 1.65. The maximum absolute atomic E-state index is 4.06. The third kappa shape index (κ3) is 2.77. The molecule has 1 N–H and O–H groups in total. The zero-order chi connectivity index (χ0) is 8.97. The van der Waals surface area contributed by atoms with Crippen LogP contribution in [0.1, 0.15) is 32.2 Å². The summed E-state index contributed by atoms with van der Waals surface area (Å²) in [4.78, 5) is 0. The van der Waals surface area contributed by atoms with Crippen molar-refractivity contribution in [3.63, 3.8) is 0 Å². The molecule has 68 valence electrons. The lowest BCUT2D eigenvalue weighted by molar-refractivity contribution is 0.863. The summed E-state index contributed by atoms with van der Waals surface area (Å²) in [6, 6.07) is 0.437. The van der Waals surface area contributed by atoms with Crippen molar-refractivity contribution in [2.75, 3.05) is 5.32 Å². The molecule has 0 aliphatic rings. The SMILES string of the molecule is CCCc1nnc(NC(C)C)s1. The lowest BCUT2D eigenvalue weighted by Crippen LogP contribution is -2.08. The van der Waals surface area contributed by atoms with E-state index in [2.05, 4.69) is 36.3 Å². The van der Waals surface area contributed by atoms with E-state index in [1.165, 1.54) is 0 Å². The number of hydrogen-bond donors (Lipinski definition) is 1. The van der Waals surface area contributed by atoms with E-state index in [9.17, 15) is 0 Å². The molecule has 0 spiro atoms. The summed E-state index contributed by atoms with van der Waals surface area (Å²) in [6.07, 6.45) is 2.17. The highest BCUT2D eigenvalue weighted by molar-refractivity contribution is 7.15. The van der Waals surface area contributed by atoms with Crippen LogP contribution in [-0.2, 0) is 6.42 Å². The Labute approximate surface area is 77.2 Å². The second-order valence-corrected chi connectivity index (χ2v) is 4.11. The number of nitrogens with one attached hydrogen (secondary N) is 1. The number of aryl methyl sites for hydroxylation is 1. The maximum atomic E-state index is 4.06. The van der Waals surface area contributed by atoms with E-state index < -0.39 is 0 Å². The molecule has 1 aromatic heterocycles. The molecule has 0 saturated heterocycles. The summed E-state index contributed by atoms with van der Waals surface area (Å²) in [6.45, 7) is 6.35. The van der Waals surface area contributed by atoms with Crippen molar-refractivity contribution in [3.05, 3.63) is 5.01 Å². The first-order chi connectivity index (χ1) is 5.72. The van der Waals surface area contributed by atoms with Gasteiger partial charge in [0.1, 0.15) is 5.01 Å². The monoisotopic (exact) mass is 185 g/mol. The molecule has 0 aliphatic heterocycles. The minimum Gasteiger partial charge on any atom is -0.358 e. The van der Waals surface area contributed by atoms with E-state index in [0.717, 1.165) is 23.0 Å². The van der Waals surface area contributed by atoms with Gasteiger partial charge < -0.3 is 5.32 Å². The van der Waals surface area contributed by atoms with Gasteiger partial charge in [-0.1, -0.05) is 18.3 Å². The Balaban J connectivity index is 2.52. The molecule has 0 unspecified atom stereocenters. The second-order valence-electron chi connectivity index (χ2n) is 3.05. The van der Waals surface area contributed by atoms with E-state index in [0.29, 0.717) is 6.04 Å². The molecule has 1 rings (SSSR count). The standard InChI is InChI=1S/C8H15N3S/c1-4-5-7-10-11-8(12-7)9-6(2)3/h6H,4-5H2,1-3H3,(H,9,11). The molecule has 0 radical (unpaired) electrons. The molecule has 0 fully saturated rings. The van der Waals surface area contributed by atoms with Gasteiger partial charge in [-0.25, -0.2) is 0 Å². The van der Waals surface area contributed by atoms with E-state index in [1.807, 2.05) is 0 Å². The minimum absolute atomic E-state index is 0.437. The van der Waals surface area contributed by atoms with Crippen LogP contribution in [0.4, 0.5) is 5.13 Å². The summed E-state index contributed by atoms with van der Waals surface area (Å²) < 4.78 is 0. The van der Waals surface area contributed by atoms with Crippen LogP contribution in [0.25, 0.3) is 0 Å². The molecule has 1 heterocycles. The normalized spacial score (nSPS) is 10.7. The molecule has 0 aliphatic carbocycles. The number of aromatic nitrogens is 2. The molecule has 0 atom stereocenters. The van der Waals surface area contributed by atoms with Gasteiger partial charge in [0.25, 0.3) is 0 Å². The van der Waals surface area contributed by atoms with Gasteiger partial charge in [0.2, 0.25) is 5.13 Å². The van der Waals surface area contributed by atoms with Crippen molar-refractivity contribution < 1.29 is 0 Å². The highest BCUT2D eigenvalue weighted by Gasteiger charge is 2.02. The van der Waals surface area contributed by atoms with Crippen LogP contribution in [-0.4, -0.2) is 16.2 Å². The summed E-state index contributed by atoms with van der Waals surface area (Å²) in [5.74, 6) is 0. The van der Waals surface area contributed by atoms with Gasteiger partial charge in [-0.3, -0.25) is 0 Å². The Hall–Kier alpha value is -0.640. The molecular weight excluding hydrogens is 170 g/mol. The van der Waals surface area contributed by atoms with Gasteiger partial charge in [-0.2, -0.15) is 0 Å². The number of hydrogen-bond acceptors (Lipinski definition) is 4. The zero-order valence-corrected chi connectivity index (χ0v) is 8.61. The Morgan fingerprint density at radius 2 is 2.17 bits per heavy atom. The lowest BCUT2D eigenvalue weighted by atomic mass is 10.4. The van der Waals surface area contributed by atoms with Crippen molar-refractivity contribution in [1.82, 2.24) is 10.2 Å². The molecule has 3 nitrogen and oxygen atoms in total. The van der Waals surface area contributed by atoms with E-state index in [1.54, 1.807) is 11.3 Å². The van der Waals surface area contributed by atoms with Gasteiger partial charge in [0.05, 0.1) is 0 Å². The van der Waals surface area contributed by atoms with Crippen molar-refractivity contribution in [1.29, 1.82) is 0 Å². The first-order valence-corrected chi connectivity index (χ1v) is 5.13. The fourth-order valence-electron chi connectivity index (χ4n) is 0.874. The predicted molar refractivity (Wildman–Crippen MR) is 52.7 cm³/mol. The summed E-state index contributed by atoms with van der Waals surface area (Å²) in [5, 5.41) is 13.4. The van der Waals surface area contributed by atoms with Crippen molar-refractivity contribution in [3.8, 4) is 0 Å². The molecule has 4 heteroatoms. The zero-order valence-electron chi connectivity index (χ0n) is 7.79. The molecule has 0 aromatic carbocycles. The van der Waals surface area contributed by atoms with Crippen molar-refractivity contribution in [2.45, 2.75) is 39.7 Å². The number of anilines is 1. The van der Waals surface area contributed by atoms with Gasteiger partial charge >= 0.3 is 0 Å². The average Bonchev–Trinajstić information content (AvgIpc) is 2.36. The van der Waals surface area contributed by atoms with Crippen molar-refractivity contribution in [2.24, 2.45) is 0 Å². The first-order valence-electron chi connectivity index (χ1n) is 4.31. The van der Waals surface area contributed by atoms with Crippen LogP contribution in [0.3, 0.4) is 0 Å². The third-order valence-electron chi connectivity index (χ3n) is 1.34. The fraction of sp³-hybridized carbons (Fsp3) is 0.750. The minimum atomic E-state index is 0.437. The van der Waals surface area contributed by atoms with Crippen LogP contribution >= 0.6 is 11.3 Å². The molecular formula is C8H15N3S. The smallest absolute Gasteiger partial charge is 0.205 e. The van der Waals surface area contributed by atoms with Gasteiger partial charge in [-0.05, 0) is 20.3 Å². The van der Waals surface area contributed by atoms with Crippen LogP contribution in [0, 0.1) is 0 Å². The molecule has 1 aromatic rings. The second kappa shape index (κ2) is 4.40. The Bertz CT molecular complexity index is 232. The Kier molecular flexibility index (Phi) is 3.47. The molecule has 0 bridgehead atoms.